The summed E-state index contributed by atoms with van der Waals surface area (Å²) >= 11 is 7.25. The normalized spacial score (nSPS) is 12.5. The van der Waals surface area contributed by atoms with Crippen LogP contribution in [0, 0.1) is 0 Å². The number of nitrogens with zero attached hydrogens (tertiary/aromatic N) is 4. The number of allylic oxidation sites excluding steroid dienone is 4. The minimum absolute atomic E-state index is 0.599. The Morgan fingerprint density at radius 2 is 1.50 bits per heavy atom. The fourth-order valence-corrected chi connectivity index (χ4v) is 5.44. The average Bonchev–Trinajstić information content (AvgIpc) is 3.52. The molecule has 0 aliphatic heterocycles. The van der Waals surface area contributed by atoms with Crippen LogP contribution in [0.2, 0.25) is 0 Å². The quantitative estimate of drug-likeness (QED) is 0.0505. The highest BCUT2D eigenvalue weighted by Gasteiger charge is 2.07. The summed E-state index contributed by atoms with van der Waals surface area (Å²) in [5.74, 6) is 7.95. The van der Waals surface area contributed by atoms with Crippen LogP contribution in [0.1, 0.15) is 43.5 Å². The van der Waals surface area contributed by atoms with Crippen LogP contribution < -0.4 is 31.7 Å². The Labute approximate surface area is 290 Å². The number of hydrogen-bond donors (Lipinski definition) is 4. The topological polar surface area (TPSA) is 129 Å². The molecule has 46 heavy (non-hydrogen) atoms. The van der Waals surface area contributed by atoms with E-state index in [1.54, 1.807) is 11.2 Å². The molecule has 0 spiro atoms. The maximum Gasteiger partial charge on any atom is 0.133 e. The molecule has 0 amide bonds. The van der Waals surface area contributed by atoms with Crippen LogP contribution in [0.3, 0.4) is 0 Å². The van der Waals surface area contributed by atoms with Crippen LogP contribution in [0.4, 0.5) is 0 Å². The van der Waals surface area contributed by atoms with E-state index in [0.29, 0.717) is 25.5 Å². The smallest absolute Gasteiger partial charge is 0.133 e. The van der Waals surface area contributed by atoms with Gasteiger partial charge in [-0.05, 0) is 145 Å². The Bertz CT molecular complexity index is 1470. The average molecular weight is 761 g/mol. The molecule has 0 atom stereocenters. The van der Waals surface area contributed by atoms with Crippen LogP contribution in [-0.2, 0) is 19.4 Å². The monoisotopic (exact) mass is 758 g/mol. The van der Waals surface area contributed by atoms with Gasteiger partial charge in [0, 0.05) is 19.3 Å². The summed E-state index contributed by atoms with van der Waals surface area (Å²) in [5.41, 5.74) is 12.0. The summed E-state index contributed by atoms with van der Waals surface area (Å²) in [6.07, 6.45) is 11.2. The number of nitrogens with two attached hydrogens (primary N) is 2. The Hall–Kier alpha value is -3.16. The molecule has 250 valence electrons. The zero-order valence-corrected chi connectivity index (χ0v) is 30.5. The summed E-state index contributed by atoms with van der Waals surface area (Å²) in [7, 11) is 3.88. The number of nitrogens with one attached hydrogen (secondary N) is 2. The molecule has 0 bridgehead atoms. The van der Waals surface area contributed by atoms with Crippen molar-refractivity contribution in [3.05, 3.63) is 98.0 Å². The third-order valence-corrected chi connectivity index (χ3v) is 8.46. The molecular formula is C34H48Br2N8O2. The van der Waals surface area contributed by atoms with Gasteiger partial charge in [-0.15, -0.1) is 5.10 Å². The molecule has 0 unspecified atom stereocenters. The first-order valence-corrected chi connectivity index (χ1v) is 17.1. The summed E-state index contributed by atoms with van der Waals surface area (Å²) in [6.45, 7) is 8.52. The Morgan fingerprint density at radius 1 is 0.913 bits per heavy atom. The Balaban J connectivity index is 1.48. The van der Waals surface area contributed by atoms with Crippen molar-refractivity contribution in [3.8, 4) is 11.5 Å². The van der Waals surface area contributed by atoms with Crippen LogP contribution >= 0.6 is 31.9 Å². The maximum atomic E-state index is 6.35. The minimum atomic E-state index is 0.599. The highest BCUT2D eigenvalue weighted by Crippen LogP contribution is 2.27. The Morgan fingerprint density at radius 3 is 2.07 bits per heavy atom. The third-order valence-electron chi connectivity index (χ3n) is 7.22. The van der Waals surface area contributed by atoms with E-state index in [4.69, 9.17) is 21.1 Å². The van der Waals surface area contributed by atoms with Gasteiger partial charge in [0.15, 0.2) is 0 Å². The third kappa shape index (κ3) is 12.9. The lowest BCUT2D eigenvalue weighted by Crippen LogP contribution is -2.29. The van der Waals surface area contributed by atoms with Gasteiger partial charge in [0.2, 0.25) is 0 Å². The fourth-order valence-electron chi connectivity index (χ4n) is 4.36. The number of halogens is 2. The second-order valence-electron chi connectivity index (χ2n) is 11.0. The lowest BCUT2D eigenvalue weighted by atomic mass is 10.1. The van der Waals surface area contributed by atoms with Gasteiger partial charge in [0.05, 0.1) is 34.1 Å². The van der Waals surface area contributed by atoms with Gasteiger partial charge in [-0.25, -0.2) is 5.84 Å². The van der Waals surface area contributed by atoms with Crippen LogP contribution in [0.15, 0.2) is 81.2 Å². The van der Waals surface area contributed by atoms with Crippen molar-refractivity contribution in [2.24, 2.45) is 11.6 Å². The van der Waals surface area contributed by atoms with Crippen molar-refractivity contribution >= 4 is 37.4 Å². The molecule has 0 fully saturated rings. The highest BCUT2D eigenvalue weighted by molar-refractivity contribution is 9.10. The molecule has 6 N–H and O–H groups in total. The van der Waals surface area contributed by atoms with Crippen LogP contribution in [0.25, 0.3) is 5.57 Å². The SMILES string of the molecule is CNCCCOc1ccc(CCN(N)/C=C(N)/C(C)=C/C=C(\C)c2cn(CCc3ccc(OCCCNC)c(Br)c3)nn2)cc1Br. The standard InChI is InChI=1S/C34H48Br2N8O2/c1-25(31(37)23-43(38)17-13-27-9-11-33(29(35)21-27)45-19-5-15-39-3)7-8-26(2)32-24-44(42-41-32)18-14-28-10-12-34(30(36)22-28)46-20-6-16-40-4/h7-12,21-24,39-40H,5-6,13-20,37-38H2,1-4H3/b25-7+,26-8+,31-23-. The number of ether oxygens (including phenoxy) is 2. The predicted octanol–water partition coefficient (Wildman–Crippen LogP) is 5.59. The molecule has 0 aliphatic carbocycles. The second-order valence-corrected chi connectivity index (χ2v) is 12.7. The van der Waals surface area contributed by atoms with Crippen molar-refractivity contribution in [1.29, 1.82) is 0 Å². The Kier molecular flexibility index (Phi) is 16.3. The van der Waals surface area contributed by atoms with Gasteiger partial charge in [0.1, 0.15) is 17.2 Å². The predicted molar refractivity (Wildman–Crippen MR) is 194 cm³/mol. The maximum absolute atomic E-state index is 6.35. The van der Waals surface area contributed by atoms with E-state index in [-0.39, 0.29) is 0 Å². The zero-order chi connectivity index (χ0) is 33.3. The molecule has 2 aromatic carbocycles. The molecule has 0 aliphatic rings. The van der Waals surface area contributed by atoms with Crippen molar-refractivity contribution in [3.63, 3.8) is 0 Å². The largest absolute Gasteiger partial charge is 0.492 e. The summed E-state index contributed by atoms with van der Waals surface area (Å²) in [5, 5.41) is 16.5. The minimum Gasteiger partial charge on any atom is -0.492 e. The van der Waals surface area contributed by atoms with Gasteiger partial charge >= 0.3 is 0 Å². The van der Waals surface area contributed by atoms with E-state index >= 15 is 0 Å². The van der Waals surface area contributed by atoms with Crippen LogP contribution in [0.5, 0.6) is 11.5 Å². The zero-order valence-electron chi connectivity index (χ0n) is 27.4. The highest BCUT2D eigenvalue weighted by atomic mass is 79.9. The molecule has 3 rings (SSSR count). The number of hydrogen-bond acceptors (Lipinski definition) is 9. The molecule has 0 saturated heterocycles. The molecule has 1 aromatic heterocycles. The molecule has 1 heterocycles. The number of rotatable bonds is 20. The lowest BCUT2D eigenvalue weighted by molar-refractivity contribution is 0.307. The molecule has 0 radical (unpaired) electrons. The van der Waals surface area contributed by atoms with Gasteiger partial charge in [-0.1, -0.05) is 29.5 Å². The molecule has 10 nitrogen and oxygen atoms in total. The summed E-state index contributed by atoms with van der Waals surface area (Å²) < 4.78 is 15.5. The first-order chi connectivity index (χ1) is 22.2. The van der Waals surface area contributed by atoms with E-state index in [2.05, 4.69) is 77.1 Å². The molecule has 0 saturated carbocycles. The first kappa shape index (κ1) is 37.3. The summed E-state index contributed by atoms with van der Waals surface area (Å²) in [6, 6.07) is 12.3. The fraction of sp³-hybridized carbons (Fsp3) is 0.412. The molecular weight excluding hydrogens is 712 g/mol. The van der Waals surface area contributed by atoms with E-state index in [9.17, 15) is 0 Å². The van der Waals surface area contributed by atoms with Gasteiger partial charge < -0.3 is 30.8 Å². The number of benzene rings is 2. The summed E-state index contributed by atoms with van der Waals surface area (Å²) in [4.78, 5) is 0. The van der Waals surface area contributed by atoms with E-state index in [1.807, 2.05) is 63.1 Å². The first-order valence-electron chi connectivity index (χ1n) is 15.6. The second kappa shape index (κ2) is 20.2. The van der Waals surface area contributed by atoms with E-state index < -0.39 is 0 Å². The van der Waals surface area contributed by atoms with Crippen molar-refractivity contribution in [2.45, 2.75) is 46.1 Å². The van der Waals surface area contributed by atoms with Gasteiger partial charge in [0.25, 0.3) is 0 Å². The van der Waals surface area contributed by atoms with Crippen molar-refractivity contribution < 1.29 is 9.47 Å². The number of hydrazine groups is 1. The van der Waals surface area contributed by atoms with Gasteiger partial charge in [-0.3, -0.25) is 4.68 Å². The van der Waals surface area contributed by atoms with Crippen molar-refractivity contribution in [1.82, 2.24) is 30.6 Å². The molecule has 12 heteroatoms. The number of aryl methyl sites for hydroxylation is 2. The van der Waals surface area contributed by atoms with E-state index in [0.717, 1.165) is 88.2 Å². The van der Waals surface area contributed by atoms with Crippen LogP contribution in [-0.4, -0.2) is 66.9 Å². The number of aromatic nitrogens is 3. The molecule has 3 aromatic rings. The van der Waals surface area contributed by atoms with Crippen molar-refractivity contribution in [2.75, 3.05) is 46.9 Å². The lowest BCUT2D eigenvalue weighted by Gasteiger charge is -2.16. The van der Waals surface area contributed by atoms with E-state index in [1.165, 1.54) is 5.56 Å². The van der Waals surface area contributed by atoms with Gasteiger partial charge in [-0.2, -0.15) is 0 Å².